The standard InChI is InChI=1S/C14H14BrClN2OS/c1-18(8-12-6-7-13(15)20-12)9-14(19)17-11-4-2-10(16)3-5-11/h2-7H,8-9H2,1H3,(H,17,19)/p+1. The average Bonchev–Trinajstić information content (AvgIpc) is 2.77. The van der Waals surface area contributed by atoms with Crippen molar-refractivity contribution >= 4 is 50.5 Å². The third-order valence-electron chi connectivity index (χ3n) is 2.70. The highest BCUT2D eigenvalue weighted by molar-refractivity contribution is 9.11. The van der Waals surface area contributed by atoms with Gasteiger partial charge in [-0.25, -0.2) is 0 Å². The molecule has 0 spiro atoms. The molecule has 0 bridgehead atoms. The molecule has 6 heteroatoms. The lowest BCUT2D eigenvalue weighted by Gasteiger charge is -2.12. The molecule has 1 heterocycles. The Labute approximate surface area is 135 Å². The summed E-state index contributed by atoms with van der Waals surface area (Å²) in [5.74, 6) is 0.000411. The molecule has 3 nitrogen and oxygen atoms in total. The molecule has 0 saturated carbocycles. The molecule has 1 aromatic heterocycles. The first kappa shape index (κ1) is 15.5. The molecule has 2 N–H and O–H groups in total. The molecule has 1 aromatic carbocycles. The van der Waals surface area contributed by atoms with Crippen LogP contribution in [0.1, 0.15) is 4.88 Å². The maximum absolute atomic E-state index is 11.9. The quantitative estimate of drug-likeness (QED) is 0.829. The first-order valence-corrected chi connectivity index (χ1v) is 8.12. The fourth-order valence-electron chi connectivity index (χ4n) is 1.82. The summed E-state index contributed by atoms with van der Waals surface area (Å²) in [7, 11) is 2.01. The highest BCUT2D eigenvalue weighted by atomic mass is 79.9. The van der Waals surface area contributed by atoms with Gasteiger partial charge in [-0.05, 0) is 52.3 Å². The Balaban J connectivity index is 1.83. The van der Waals surface area contributed by atoms with Gasteiger partial charge in [0.25, 0.3) is 5.91 Å². The highest BCUT2D eigenvalue weighted by Crippen LogP contribution is 2.21. The molecule has 0 aliphatic heterocycles. The van der Waals surface area contributed by atoms with Crippen molar-refractivity contribution in [2.75, 3.05) is 18.9 Å². The van der Waals surface area contributed by atoms with E-state index >= 15 is 0 Å². The van der Waals surface area contributed by atoms with Gasteiger partial charge in [-0.15, -0.1) is 11.3 Å². The van der Waals surface area contributed by atoms with Gasteiger partial charge >= 0.3 is 0 Å². The van der Waals surface area contributed by atoms with Crippen LogP contribution in [-0.2, 0) is 11.3 Å². The maximum atomic E-state index is 11.9. The van der Waals surface area contributed by atoms with Crippen LogP contribution in [0.2, 0.25) is 5.02 Å². The number of anilines is 1. The normalized spacial score (nSPS) is 12.2. The summed E-state index contributed by atoms with van der Waals surface area (Å²) in [6, 6.07) is 11.2. The minimum atomic E-state index is 0.000411. The SMILES string of the molecule is C[NH+](CC(=O)Nc1ccc(Cl)cc1)Cc1ccc(Br)s1. The zero-order chi connectivity index (χ0) is 14.5. The highest BCUT2D eigenvalue weighted by Gasteiger charge is 2.11. The number of quaternary nitrogens is 1. The second-order valence-corrected chi connectivity index (χ2v) is 7.56. The number of likely N-dealkylation sites (N-methyl/N-ethyl adjacent to an activating group) is 1. The molecule has 0 aliphatic rings. The van der Waals surface area contributed by atoms with Gasteiger partial charge in [0, 0.05) is 10.7 Å². The summed E-state index contributed by atoms with van der Waals surface area (Å²) < 4.78 is 1.12. The van der Waals surface area contributed by atoms with E-state index in [1.54, 1.807) is 35.6 Å². The summed E-state index contributed by atoms with van der Waals surface area (Å²) in [5, 5.41) is 3.53. The first-order valence-electron chi connectivity index (χ1n) is 6.14. The Morgan fingerprint density at radius 3 is 2.60 bits per heavy atom. The van der Waals surface area contributed by atoms with E-state index in [2.05, 4.69) is 27.3 Å². The molecule has 0 aliphatic carbocycles. The second kappa shape index (κ2) is 7.22. The Morgan fingerprint density at radius 2 is 2.00 bits per heavy atom. The van der Waals surface area contributed by atoms with E-state index in [4.69, 9.17) is 11.6 Å². The van der Waals surface area contributed by atoms with Gasteiger partial charge in [0.05, 0.1) is 15.7 Å². The monoisotopic (exact) mass is 373 g/mol. The average molecular weight is 375 g/mol. The Hall–Kier alpha value is -0.880. The van der Waals surface area contributed by atoms with Crippen molar-refractivity contribution in [3.05, 3.63) is 50.1 Å². The summed E-state index contributed by atoms with van der Waals surface area (Å²) in [6.07, 6.45) is 0. The number of amides is 1. The zero-order valence-electron chi connectivity index (χ0n) is 11.0. The number of thiophene rings is 1. The molecule has 0 radical (unpaired) electrons. The van der Waals surface area contributed by atoms with Gasteiger partial charge in [-0.1, -0.05) is 11.6 Å². The molecule has 1 unspecified atom stereocenters. The molecule has 20 heavy (non-hydrogen) atoms. The van der Waals surface area contributed by atoms with Crippen LogP contribution in [0.3, 0.4) is 0 Å². The van der Waals surface area contributed by atoms with Gasteiger partial charge in [0.2, 0.25) is 0 Å². The molecule has 2 rings (SSSR count). The van der Waals surface area contributed by atoms with Gasteiger partial charge in [-0.3, -0.25) is 4.79 Å². The Morgan fingerprint density at radius 1 is 1.30 bits per heavy atom. The van der Waals surface area contributed by atoms with Crippen LogP contribution in [0.15, 0.2) is 40.2 Å². The maximum Gasteiger partial charge on any atom is 0.279 e. The van der Waals surface area contributed by atoms with Crippen LogP contribution in [0, 0.1) is 0 Å². The largest absolute Gasteiger partial charge is 0.325 e. The Bertz CT molecular complexity index is 585. The van der Waals surface area contributed by atoms with Crippen LogP contribution in [0.4, 0.5) is 5.69 Å². The molecule has 106 valence electrons. The van der Waals surface area contributed by atoms with E-state index in [-0.39, 0.29) is 5.91 Å². The first-order chi connectivity index (χ1) is 9.52. The van der Waals surface area contributed by atoms with Gasteiger partial charge in [-0.2, -0.15) is 0 Å². The Kier molecular flexibility index (Phi) is 5.60. The minimum absolute atomic E-state index is 0.000411. The fourth-order valence-corrected chi connectivity index (χ4v) is 3.54. The third kappa shape index (κ3) is 4.90. The molecule has 1 atom stereocenters. The molecular formula is C14H15BrClN2OS+. The number of hydrogen-bond donors (Lipinski definition) is 2. The number of rotatable bonds is 5. The number of nitrogens with one attached hydrogen (secondary N) is 2. The smallest absolute Gasteiger partial charge is 0.279 e. The van der Waals surface area contributed by atoms with Gasteiger partial charge in [0.15, 0.2) is 6.54 Å². The summed E-state index contributed by atoms with van der Waals surface area (Å²) >= 11 is 10.9. The number of hydrogen-bond acceptors (Lipinski definition) is 2. The lowest BCUT2D eigenvalue weighted by atomic mass is 10.3. The van der Waals surface area contributed by atoms with Crippen molar-refractivity contribution in [2.45, 2.75) is 6.54 Å². The van der Waals surface area contributed by atoms with Crippen LogP contribution in [-0.4, -0.2) is 19.5 Å². The number of halogens is 2. The molecular weight excluding hydrogens is 360 g/mol. The molecule has 2 aromatic rings. The number of benzene rings is 1. The van der Waals surface area contributed by atoms with Crippen molar-refractivity contribution in [1.29, 1.82) is 0 Å². The van der Waals surface area contributed by atoms with Crippen molar-refractivity contribution in [3.8, 4) is 0 Å². The van der Waals surface area contributed by atoms with Crippen molar-refractivity contribution < 1.29 is 9.69 Å². The zero-order valence-corrected chi connectivity index (χ0v) is 14.1. The molecule has 1 amide bonds. The van der Waals surface area contributed by atoms with Crippen molar-refractivity contribution in [3.63, 3.8) is 0 Å². The van der Waals surface area contributed by atoms with Crippen molar-refractivity contribution in [2.24, 2.45) is 0 Å². The summed E-state index contributed by atoms with van der Waals surface area (Å²) in [6.45, 7) is 1.27. The predicted octanol–water partition coefficient (Wildman–Crippen LogP) is 2.82. The van der Waals surface area contributed by atoms with E-state index in [1.807, 2.05) is 13.1 Å². The van der Waals surface area contributed by atoms with Crippen molar-refractivity contribution in [1.82, 2.24) is 0 Å². The van der Waals surface area contributed by atoms with Crippen LogP contribution in [0.25, 0.3) is 0 Å². The lowest BCUT2D eigenvalue weighted by Crippen LogP contribution is -3.08. The van der Waals surface area contributed by atoms with E-state index in [0.29, 0.717) is 11.6 Å². The van der Waals surface area contributed by atoms with Crippen LogP contribution < -0.4 is 10.2 Å². The van der Waals surface area contributed by atoms with E-state index in [0.717, 1.165) is 20.9 Å². The second-order valence-electron chi connectivity index (χ2n) is 4.57. The number of carbonyl (C=O) groups is 1. The summed E-state index contributed by atoms with van der Waals surface area (Å²) in [5.41, 5.74) is 0.770. The third-order valence-corrected chi connectivity index (χ3v) is 4.57. The lowest BCUT2D eigenvalue weighted by molar-refractivity contribution is -0.884. The van der Waals surface area contributed by atoms with Gasteiger partial charge < -0.3 is 10.2 Å². The van der Waals surface area contributed by atoms with E-state index in [1.165, 1.54) is 4.88 Å². The number of carbonyl (C=O) groups excluding carboxylic acids is 1. The minimum Gasteiger partial charge on any atom is -0.325 e. The predicted molar refractivity (Wildman–Crippen MR) is 87.6 cm³/mol. The van der Waals surface area contributed by atoms with Gasteiger partial charge in [0.1, 0.15) is 6.54 Å². The summed E-state index contributed by atoms with van der Waals surface area (Å²) in [4.78, 5) is 14.3. The van der Waals surface area contributed by atoms with Crippen LogP contribution >= 0.6 is 38.9 Å². The van der Waals surface area contributed by atoms with Crippen LogP contribution in [0.5, 0.6) is 0 Å². The molecule has 0 fully saturated rings. The van der Waals surface area contributed by atoms with E-state index in [9.17, 15) is 4.79 Å². The fraction of sp³-hybridized carbons (Fsp3) is 0.214. The van der Waals surface area contributed by atoms with E-state index < -0.39 is 0 Å². The molecule has 0 saturated heterocycles. The topological polar surface area (TPSA) is 33.5 Å².